The monoisotopic (exact) mass is 239 g/mol. The number of anilines is 2. The van der Waals surface area contributed by atoms with Crippen LogP contribution in [0.3, 0.4) is 0 Å². The van der Waals surface area contributed by atoms with E-state index in [1.54, 1.807) is 0 Å². The lowest BCUT2D eigenvalue weighted by Gasteiger charge is -2.19. The van der Waals surface area contributed by atoms with Gasteiger partial charge in [-0.05, 0) is 12.1 Å². The van der Waals surface area contributed by atoms with Crippen molar-refractivity contribution in [3.8, 4) is 6.07 Å². The van der Waals surface area contributed by atoms with Crippen molar-refractivity contribution in [2.75, 3.05) is 17.9 Å². The van der Waals surface area contributed by atoms with Crippen LogP contribution in [0, 0.1) is 11.3 Å². The lowest BCUT2D eigenvalue weighted by molar-refractivity contribution is -0.122. The molecule has 0 saturated heterocycles. The van der Waals surface area contributed by atoms with E-state index in [1.807, 2.05) is 6.07 Å². The molecule has 0 heterocycles. The van der Waals surface area contributed by atoms with Gasteiger partial charge in [0.15, 0.2) is 0 Å². The predicted octanol–water partition coefficient (Wildman–Crippen LogP) is 1.71. The topological polar surface area (TPSA) is 79.3 Å². The van der Waals surface area contributed by atoms with Crippen molar-refractivity contribution in [2.45, 2.75) is 6.92 Å². The molecule has 2 N–H and O–H groups in total. The van der Waals surface area contributed by atoms with Crippen LogP contribution in [-0.4, -0.2) is 13.0 Å². The molecule has 1 aromatic carbocycles. The third-order valence-corrected chi connectivity index (χ3v) is 2.31. The molecule has 0 saturated carbocycles. The van der Waals surface area contributed by atoms with E-state index < -0.39 is 0 Å². The van der Waals surface area contributed by atoms with Crippen molar-refractivity contribution >= 4 is 28.9 Å². The Labute approximate surface area is 97.9 Å². The quantitative estimate of drug-likeness (QED) is 0.629. The Balaban J connectivity index is 3.37. The smallest absolute Gasteiger partial charge is 0.247 e. The Hall–Kier alpha value is -1.77. The molecule has 0 aliphatic carbocycles. The van der Waals surface area contributed by atoms with Crippen LogP contribution in [0.15, 0.2) is 12.1 Å². The van der Waals surface area contributed by atoms with Gasteiger partial charge in [0.1, 0.15) is 0 Å². The summed E-state index contributed by atoms with van der Waals surface area (Å²) >= 11 is 5.93. The highest BCUT2D eigenvalue weighted by Gasteiger charge is 2.17. The van der Waals surface area contributed by atoms with E-state index in [0.717, 1.165) is 5.06 Å². The zero-order valence-electron chi connectivity index (χ0n) is 8.82. The summed E-state index contributed by atoms with van der Waals surface area (Å²) in [6, 6.07) is 4.79. The van der Waals surface area contributed by atoms with Crippen LogP contribution in [0.1, 0.15) is 12.5 Å². The van der Waals surface area contributed by atoms with Crippen LogP contribution in [-0.2, 0) is 9.63 Å². The molecule has 0 bridgehead atoms. The van der Waals surface area contributed by atoms with Crippen LogP contribution in [0.2, 0.25) is 5.02 Å². The SMILES string of the molecule is CON(C(C)=O)c1cc(C#N)cc(N)c1Cl. The van der Waals surface area contributed by atoms with Crippen LogP contribution in [0.4, 0.5) is 11.4 Å². The van der Waals surface area contributed by atoms with E-state index in [4.69, 9.17) is 27.4 Å². The largest absolute Gasteiger partial charge is 0.397 e. The minimum Gasteiger partial charge on any atom is -0.397 e. The molecule has 0 aliphatic heterocycles. The first-order valence-corrected chi connectivity index (χ1v) is 4.73. The zero-order valence-corrected chi connectivity index (χ0v) is 9.58. The normalized spacial score (nSPS) is 9.62. The summed E-state index contributed by atoms with van der Waals surface area (Å²) in [5.41, 5.74) is 6.40. The summed E-state index contributed by atoms with van der Waals surface area (Å²) in [7, 11) is 1.33. The molecule has 0 radical (unpaired) electrons. The van der Waals surface area contributed by atoms with Crippen molar-refractivity contribution < 1.29 is 9.63 Å². The summed E-state index contributed by atoms with van der Waals surface area (Å²) in [6.45, 7) is 1.31. The van der Waals surface area contributed by atoms with E-state index in [-0.39, 0.29) is 22.3 Å². The fourth-order valence-electron chi connectivity index (χ4n) is 1.24. The van der Waals surface area contributed by atoms with Gasteiger partial charge in [0, 0.05) is 6.92 Å². The van der Waals surface area contributed by atoms with E-state index in [9.17, 15) is 4.79 Å². The molecular formula is C10H10ClN3O2. The number of nitrogens with two attached hydrogens (primary N) is 1. The molecule has 5 nitrogen and oxygen atoms in total. The number of carbonyl (C=O) groups excluding carboxylic acids is 1. The summed E-state index contributed by atoms with van der Waals surface area (Å²) in [6.07, 6.45) is 0. The third kappa shape index (κ3) is 2.24. The molecule has 0 atom stereocenters. The maximum Gasteiger partial charge on any atom is 0.247 e. The Morgan fingerprint density at radius 3 is 2.69 bits per heavy atom. The van der Waals surface area contributed by atoms with Crippen LogP contribution in [0.25, 0.3) is 0 Å². The van der Waals surface area contributed by atoms with Crippen molar-refractivity contribution in [3.05, 3.63) is 22.7 Å². The van der Waals surface area contributed by atoms with E-state index in [0.29, 0.717) is 5.56 Å². The minimum atomic E-state index is -0.362. The number of rotatable bonds is 2. The van der Waals surface area contributed by atoms with E-state index in [2.05, 4.69) is 0 Å². The number of hydrogen-bond donors (Lipinski definition) is 1. The summed E-state index contributed by atoms with van der Waals surface area (Å²) in [5, 5.41) is 9.93. The van der Waals surface area contributed by atoms with E-state index in [1.165, 1.54) is 26.2 Å². The van der Waals surface area contributed by atoms with Gasteiger partial charge in [-0.1, -0.05) is 11.6 Å². The van der Waals surface area contributed by atoms with Gasteiger partial charge in [0.05, 0.1) is 35.1 Å². The fourth-order valence-corrected chi connectivity index (χ4v) is 1.43. The number of nitrogen functional groups attached to an aromatic ring is 1. The van der Waals surface area contributed by atoms with Gasteiger partial charge in [0.25, 0.3) is 0 Å². The highest BCUT2D eigenvalue weighted by molar-refractivity contribution is 6.36. The minimum absolute atomic E-state index is 0.177. The van der Waals surface area contributed by atoms with Crippen molar-refractivity contribution in [3.63, 3.8) is 0 Å². The second-order valence-electron chi connectivity index (χ2n) is 3.01. The first kappa shape index (κ1) is 12.3. The zero-order chi connectivity index (χ0) is 12.3. The fraction of sp³-hybridized carbons (Fsp3) is 0.200. The second kappa shape index (κ2) is 4.84. The lowest BCUT2D eigenvalue weighted by Crippen LogP contribution is -2.27. The first-order chi connectivity index (χ1) is 7.51. The molecule has 1 rings (SSSR count). The van der Waals surface area contributed by atoms with Crippen LogP contribution in [0.5, 0.6) is 0 Å². The Morgan fingerprint density at radius 2 is 2.25 bits per heavy atom. The molecule has 0 spiro atoms. The number of nitriles is 1. The van der Waals surface area contributed by atoms with Gasteiger partial charge < -0.3 is 5.73 Å². The summed E-state index contributed by atoms with van der Waals surface area (Å²) < 4.78 is 0. The van der Waals surface area contributed by atoms with Crippen molar-refractivity contribution in [1.29, 1.82) is 5.26 Å². The van der Waals surface area contributed by atoms with Crippen molar-refractivity contribution in [2.24, 2.45) is 0 Å². The highest BCUT2D eigenvalue weighted by Crippen LogP contribution is 2.32. The second-order valence-corrected chi connectivity index (χ2v) is 3.38. The predicted molar refractivity (Wildman–Crippen MR) is 60.7 cm³/mol. The number of halogens is 1. The molecule has 0 fully saturated rings. The molecule has 84 valence electrons. The maximum absolute atomic E-state index is 11.3. The Kier molecular flexibility index (Phi) is 3.72. The standard InChI is InChI=1S/C10H10ClN3O2/c1-6(15)14(16-2)9-4-7(5-12)3-8(13)10(9)11/h3-4H,13H2,1-2H3. The van der Waals surface area contributed by atoms with Gasteiger partial charge in [-0.2, -0.15) is 10.3 Å². The van der Waals surface area contributed by atoms with Gasteiger partial charge >= 0.3 is 0 Å². The highest BCUT2D eigenvalue weighted by atomic mass is 35.5. The Morgan fingerprint density at radius 1 is 1.62 bits per heavy atom. The molecule has 1 amide bonds. The molecule has 0 aliphatic rings. The maximum atomic E-state index is 11.3. The Bertz CT molecular complexity index is 468. The summed E-state index contributed by atoms with van der Waals surface area (Å²) in [5.74, 6) is -0.362. The first-order valence-electron chi connectivity index (χ1n) is 4.35. The van der Waals surface area contributed by atoms with Crippen molar-refractivity contribution in [1.82, 2.24) is 0 Å². The average molecular weight is 240 g/mol. The van der Waals surface area contributed by atoms with Crippen LogP contribution >= 0.6 is 11.6 Å². The molecule has 16 heavy (non-hydrogen) atoms. The van der Waals surface area contributed by atoms with E-state index >= 15 is 0 Å². The third-order valence-electron chi connectivity index (χ3n) is 1.90. The summed E-state index contributed by atoms with van der Waals surface area (Å²) in [4.78, 5) is 16.1. The number of hydrogen-bond acceptors (Lipinski definition) is 4. The van der Waals surface area contributed by atoms with Gasteiger partial charge in [-0.3, -0.25) is 9.63 Å². The molecule has 0 unspecified atom stereocenters. The number of carbonyl (C=O) groups is 1. The number of nitrogens with zero attached hydrogens (tertiary/aromatic N) is 2. The lowest BCUT2D eigenvalue weighted by atomic mass is 10.2. The van der Waals surface area contributed by atoms with Gasteiger partial charge in [-0.25, -0.2) is 0 Å². The molecule has 6 heteroatoms. The van der Waals surface area contributed by atoms with Crippen LogP contribution < -0.4 is 10.8 Å². The molecule has 1 aromatic rings. The number of benzene rings is 1. The number of hydroxylamine groups is 1. The van der Waals surface area contributed by atoms with Gasteiger partial charge in [-0.15, -0.1) is 0 Å². The number of amides is 1. The average Bonchev–Trinajstić information content (AvgIpc) is 2.24. The van der Waals surface area contributed by atoms with Gasteiger partial charge in [0.2, 0.25) is 5.91 Å². The molecular weight excluding hydrogens is 230 g/mol. The molecule has 0 aromatic heterocycles.